The number of fused-ring (bicyclic) bond motifs is 1. The molecule has 10 nitrogen and oxygen atoms in total. The summed E-state index contributed by atoms with van der Waals surface area (Å²) in [4.78, 5) is 52.3. The van der Waals surface area contributed by atoms with Crippen molar-refractivity contribution in [1.29, 1.82) is 0 Å². The van der Waals surface area contributed by atoms with Gasteiger partial charge in [0.1, 0.15) is 11.7 Å². The molecule has 10 heteroatoms. The summed E-state index contributed by atoms with van der Waals surface area (Å²) in [5.41, 5.74) is 2.76. The van der Waals surface area contributed by atoms with Gasteiger partial charge in [0.15, 0.2) is 0 Å². The molecule has 0 spiro atoms. The number of rotatable bonds is 7. The lowest BCUT2D eigenvalue weighted by molar-refractivity contribution is 0.0313. The molecule has 0 saturated heterocycles. The van der Waals surface area contributed by atoms with Crippen LogP contribution in [0.4, 0.5) is 0 Å². The summed E-state index contributed by atoms with van der Waals surface area (Å²) >= 11 is 0. The SMILES string of the molecule is C[C@H]1CN([C@@H](C)CO)C(=O)c2cc(-c3ccc(C(=O)N(C)C)cc3)cnc2O[C@H]1CN(C)C(=O)c1cccnc1. The van der Waals surface area contributed by atoms with Crippen LogP contribution in [0.3, 0.4) is 0 Å². The van der Waals surface area contributed by atoms with Crippen molar-refractivity contribution in [2.24, 2.45) is 5.92 Å². The Morgan fingerprint density at radius 3 is 2.42 bits per heavy atom. The van der Waals surface area contributed by atoms with Crippen LogP contribution in [0.15, 0.2) is 61.1 Å². The maximum atomic E-state index is 13.7. The van der Waals surface area contributed by atoms with Gasteiger partial charge >= 0.3 is 0 Å². The minimum Gasteiger partial charge on any atom is -0.472 e. The molecule has 1 aliphatic heterocycles. The number of pyridine rings is 2. The molecular weight excluding hydrogens is 510 g/mol. The van der Waals surface area contributed by atoms with Crippen LogP contribution in [-0.2, 0) is 0 Å². The van der Waals surface area contributed by atoms with Crippen LogP contribution in [-0.4, -0.2) is 100 Å². The van der Waals surface area contributed by atoms with E-state index in [1.165, 1.54) is 11.1 Å². The lowest BCUT2D eigenvalue weighted by Crippen LogP contribution is -2.50. The van der Waals surface area contributed by atoms with Crippen LogP contribution in [0.5, 0.6) is 5.88 Å². The minimum absolute atomic E-state index is 0.104. The summed E-state index contributed by atoms with van der Waals surface area (Å²) < 4.78 is 6.33. The number of ether oxygens (including phenoxy) is 1. The first kappa shape index (κ1) is 28.7. The van der Waals surface area contributed by atoms with Crippen molar-refractivity contribution >= 4 is 17.7 Å². The summed E-state index contributed by atoms with van der Waals surface area (Å²) in [5.74, 6) is -0.592. The van der Waals surface area contributed by atoms with Crippen molar-refractivity contribution in [3.8, 4) is 17.0 Å². The second kappa shape index (κ2) is 12.3. The van der Waals surface area contributed by atoms with Gasteiger partial charge in [-0.05, 0) is 42.8 Å². The Kier molecular flexibility index (Phi) is 8.79. The lowest BCUT2D eigenvalue weighted by atomic mass is 9.98. The van der Waals surface area contributed by atoms with Gasteiger partial charge in [0.25, 0.3) is 17.7 Å². The summed E-state index contributed by atoms with van der Waals surface area (Å²) in [7, 11) is 5.09. The molecule has 0 radical (unpaired) electrons. The second-order valence-electron chi connectivity index (χ2n) is 10.4. The zero-order chi connectivity index (χ0) is 29.0. The minimum atomic E-state index is -0.472. The molecule has 0 unspecified atom stereocenters. The number of likely N-dealkylation sites (N-methyl/N-ethyl adjacent to an activating group) is 1. The van der Waals surface area contributed by atoms with Gasteiger partial charge in [-0.1, -0.05) is 19.1 Å². The fraction of sp³-hybridized carbons (Fsp3) is 0.367. The van der Waals surface area contributed by atoms with Gasteiger partial charge in [0.05, 0.1) is 24.8 Å². The van der Waals surface area contributed by atoms with Crippen molar-refractivity contribution in [2.75, 3.05) is 40.8 Å². The number of carbonyl (C=O) groups excluding carboxylic acids is 3. The standard InChI is InChI=1S/C30H35N5O5/c1-19-16-35(20(2)18-36)30(39)25-13-24(21-8-10-22(11-9-21)28(37)33(3)4)15-32-27(25)40-26(19)17-34(5)29(38)23-7-6-12-31-14-23/h6-15,19-20,26,36H,16-18H2,1-5H3/t19-,20-,26-/m0/s1. The zero-order valence-electron chi connectivity index (χ0n) is 23.4. The monoisotopic (exact) mass is 545 g/mol. The number of aliphatic hydroxyl groups excluding tert-OH is 1. The second-order valence-corrected chi connectivity index (χ2v) is 10.4. The van der Waals surface area contributed by atoms with Crippen LogP contribution in [0.25, 0.3) is 11.1 Å². The van der Waals surface area contributed by atoms with Crippen LogP contribution >= 0.6 is 0 Å². The van der Waals surface area contributed by atoms with Crippen LogP contribution in [0.1, 0.15) is 44.9 Å². The Bertz CT molecular complexity index is 1360. The third kappa shape index (κ3) is 6.12. The smallest absolute Gasteiger partial charge is 0.259 e. The largest absolute Gasteiger partial charge is 0.472 e. The average Bonchev–Trinajstić information content (AvgIpc) is 2.97. The highest BCUT2D eigenvalue weighted by molar-refractivity contribution is 5.98. The van der Waals surface area contributed by atoms with Crippen molar-refractivity contribution in [3.05, 3.63) is 77.7 Å². The first-order chi connectivity index (χ1) is 19.1. The number of nitrogens with zero attached hydrogens (tertiary/aromatic N) is 5. The number of carbonyl (C=O) groups is 3. The molecule has 40 heavy (non-hydrogen) atoms. The molecule has 0 saturated carbocycles. The number of amides is 3. The molecule has 0 aliphatic carbocycles. The van der Waals surface area contributed by atoms with Crippen molar-refractivity contribution in [1.82, 2.24) is 24.7 Å². The van der Waals surface area contributed by atoms with Crippen molar-refractivity contribution in [2.45, 2.75) is 26.0 Å². The number of benzene rings is 1. The molecule has 1 aromatic carbocycles. The average molecular weight is 546 g/mol. The number of aliphatic hydroxyl groups is 1. The first-order valence-corrected chi connectivity index (χ1v) is 13.2. The third-order valence-electron chi connectivity index (χ3n) is 7.10. The molecule has 1 N–H and O–H groups in total. The molecule has 3 amide bonds. The highest BCUT2D eigenvalue weighted by atomic mass is 16.5. The van der Waals surface area contributed by atoms with Crippen LogP contribution in [0, 0.1) is 5.92 Å². The summed E-state index contributed by atoms with van der Waals surface area (Å²) in [6.07, 6.45) is 4.29. The van der Waals surface area contributed by atoms with E-state index in [0.717, 1.165) is 5.56 Å². The van der Waals surface area contributed by atoms with E-state index in [9.17, 15) is 19.5 Å². The molecule has 2 aromatic heterocycles. The summed E-state index contributed by atoms with van der Waals surface area (Å²) in [5, 5.41) is 9.92. The van der Waals surface area contributed by atoms with Gasteiger partial charge in [0.2, 0.25) is 5.88 Å². The Balaban J connectivity index is 1.67. The van der Waals surface area contributed by atoms with Crippen LogP contribution in [0.2, 0.25) is 0 Å². The zero-order valence-corrected chi connectivity index (χ0v) is 23.4. The van der Waals surface area contributed by atoms with E-state index in [4.69, 9.17) is 4.74 Å². The maximum Gasteiger partial charge on any atom is 0.259 e. The Morgan fingerprint density at radius 2 is 1.80 bits per heavy atom. The molecule has 0 fully saturated rings. The van der Waals surface area contributed by atoms with Gasteiger partial charge in [-0.15, -0.1) is 0 Å². The Morgan fingerprint density at radius 1 is 1.07 bits per heavy atom. The van der Waals surface area contributed by atoms with E-state index in [0.29, 0.717) is 23.2 Å². The van der Waals surface area contributed by atoms with Gasteiger partial charge < -0.3 is 24.5 Å². The van der Waals surface area contributed by atoms with E-state index in [2.05, 4.69) is 9.97 Å². The predicted octanol–water partition coefficient (Wildman–Crippen LogP) is 2.84. The molecular formula is C30H35N5O5. The Hall–Kier alpha value is -4.31. The predicted molar refractivity (Wildman–Crippen MR) is 150 cm³/mol. The van der Waals surface area contributed by atoms with E-state index in [1.54, 1.807) is 80.6 Å². The molecule has 3 aromatic rings. The highest BCUT2D eigenvalue weighted by Gasteiger charge is 2.35. The topological polar surface area (TPSA) is 116 Å². The highest BCUT2D eigenvalue weighted by Crippen LogP contribution is 2.30. The number of hydrogen-bond donors (Lipinski definition) is 1. The normalized spacial score (nSPS) is 17.6. The van der Waals surface area contributed by atoms with Crippen molar-refractivity contribution < 1.29 is 24.2 Å². The number of hydrogen-bond acceptors (Lipinski definition) is 7. The van der Waals surface area contributed by atoms with Gasteiger partial charge in [-0.2, -0.15) is 0 Å². The van der Waals surface area contributed by atoms with Gasteiger partial charge in [-0.3, -0.25) is 19.4 Å². The quantitative estimate of drug-likeness (QED) is 0.485. The summed E-state index contributed by atoms with van der Waals surface area (Å²) in [6.45, 7) is 4.12. The molecule has 4 rings (SSSR count). The van der Waals surface area contributed by atoms with Gasteiger partial charge in [0, 0.05) is 63.3 Å². The van der Waals surface area contributed by atoms with Crippen LogP contribution < -0.4 is 4.74 Å². The molecule has 1 aliphatic rings. The van der Waals surface area contributed by atoms with E-state index in [1.807, 2.05) is 19.1 Å². The first-order valence-electron chi connectivity index (χ1n) is 13.2. The van der Waals surface area contributed by atoms with Crippen molar-refractivity contribution in [3.63, 3.8) is 0 Å². The molecule has 3 atom stereocenters. The Labute approximate surface area is 234 Å². The molecule has 3 heterocycles. The van der Waals surface area contributed by atoms with Gasteiger partial charge in [-0.25, -0.2) is 4.98 Å². The fourth-order valence-corrected chi connectivity index (χ4v) is 4.60. The third-order valence-corrected chi connectivity index (χ3v) is 7.10. The van der Waals surface area contributed by atoms with E-state index in [-0.39, 0.29) is 48.2 Å². The summed E-state index contributed by atoms with van der Waals surface area (Å²) in [6, 6.07) is 11.8. The number of aromatic nitrogens is 2. The van der Waals surface area contributed by atoms with E-state index >= 15 is 0 Å². The molecule has 0 bridgehead atoms. The fourth-order valence-electron chi connectivity index (χ4n) is 4.60. The molecule has 210 valence electrons. The maximum absolute atomic E-state index is 13.7. The lowest BCUT2D eigenvalue weighted by Gasteiger charge is -2.37. The van der Waals surface area contributed by atoms with E-state index < -0.39 is 12.1 Å².